The molecule has 4 N–H and O–H groups in total. The van der Waals surface area contributed by atoms with E-state index in [1.54, 1.807) is 12.3 Å². The zero-order chi connectivity index (χ0) is 22.9. The van der Waals surface area contributed by atoms with Gasteiger partial charge in [0.25, 0.3) is 0 Å². The molecule has 1 atom stereocenters. The van der Waals surface area contributed by atoms with Crippen LogP contribution in [0.15, 0.2) is 47.6 Å². The fourth-order valence-corrected chi connectivity index (χ4v) is 3.49. The van der Waals surface area contributed by atoms with Gasteiger partial charge in [-0.1, -0.05) is 12.1 Å². The zero-order valence-electron chi connectivity index (χ0n) is 19.3. The summed E-state index contributed by atoms with van der Waals surface area (Å²) < 4.78 is 14.0. The molecule has 2 aromatic rings. The summed E-state index contributed by atoms with van der Waals surface area (Å²) in [5.41, 5.74) is 1.76. The lowest BCUT2D eigenvalue weighted by Crippen LogP contribution is -2.44. The van der Waals surface area contributed by atoms with Crippen molar-refractivity contribution in [1.82, 2.24) is 20.9 Å². The first kappa shape index (κ1) is 26.6. The van der Waals surface area contributed by atoms with Crippen LogP contribution in [0.1, 0.15) is 32.8 Å². The Morgan fingerprint density at radius 3 is 2.70 bits per heavy atom. The number of rotatable bonds is 7. The topological polar surface area (TPSA) is 93.7 Å². The molecule has 2 heterocycles. The van der Waals surface area contributed by atoms with E-state index in [0.29, 0.717) is 18.9 Å². The lowest BCUT2D eigenvalue weighted by atomic mass is 10.2. The van der Waals surface area contributed by atoms with Crippen LogP contribution in [0.25, 0.3) is 0 Å². The molecule has 10 heteroatoms. The summed E-state index contributed by atoms with van der Waals surface area (Å²) in [5, 5.41) is 12.3. The SMILES string of the molecule is CCNC(=NCc1ccc(NC(=O)NC(C)C)cc1)NC1CCN(c2ncccc2F)C1.I. The number of benzene rings is 1. The number of pyridine rings is 1. The first-order chi connectivity index (χ1) is 15.4. The second kappa shape index (κ2) is 13.2. The predicted octanol–water partition coefficient (Wildman–Crippen LogP) is 3.70. The van der Waals surface area contributed by atoms with Crippen LogP contribution in [0.3, 0.4) is 0 Å². The van der Waals surface area contributed by atoms with E-state index in [9.17, 15) is 9.18 Å². The summed E-state index contributed by atoms with van der Waals surface area (Å²) in [7, 11) is 0. The van der Waals surface area contributed by atoms with Crippen molar-refractivity contribution in [2.45, 2.75) is 45.8 Å². The molecule has 0 radical (unpaired) electrons. The van der Waals surface area contributed by atoms with E-state index in [1.165, 1.54) is 6.07 Å². The largest absolute Gasteiger partial charge is 0.357 e. The highest BCUT2D eigenvalue weighted by Crippen LogP contribution is 2.20. The molecule has 1 unspecified atom stereocenters. The third kappa shape index (κ3) is 8.34. The van der Waals surface area contributed by atoms with E-state index < -0.39 is 0 Å². The molecule has 1 aromatic carbocycles. The number of urea groups is 1. The Balaban J connectivity index is 0.00000385. The number of halogens is 2. The summed E-state index contributed by atoms with van der Waals surface area (Å²) >= 11 is 0. The highest BCUT2D eigenvalue weighted by Gasteiger charge is 2.25. The molecule has 0 bridgehead atoms. The molecule has 3 rings (SSSR count). The Kier molecular flexibility index (Phi) is 10.6. The molecule has 0 spiro atoms. The van der Waals surface area contributed by atoms with Gasteiger partial charge in [-0.05, 0) is 57.0 Å². The number of aromatic nitrogens is 1. The van der Waals surface area contributed by atoms with E-state index in [1.807, 2.05) is 49.9 Å². The van der Waals surface area contributed by atoms with Crippen LogP contribution in [0.4, 0.5) is 20.7 Å². The van der Waals surface area contributed by atoms with Gasteiger partial charge in [0.2, 0.25) is 0 Å². The normalized spacial score (nSPS) is 15.7. The maximum absolute atomic E-state index is 14.0. The van der Waals surface area contributed by atoms with Crippen molar-refractivity contribution < 1.29 is 9.18 Å². The maximum atomic E-state index is 14.0. The van der Waals surface area contributed by atoms with Crippen LogP contribution in [0, 0.1) is 5.82 Å². The fraction of sp³-hybridized carbons (Fsp3) is 0.435. The van der Waals surface area contributed by atoms with Crippen molar-refractivity contribution in [3.8, 4) is 0 Å². The molecule has 0 saturated carbocycles. The average Bonchev–Trinajstić information content (AvgIpc) is 3.21. The Morgan fingerprint density at radius 1 is 1.27 bits per heavy atom. The standard InChI is InChI=1S/C23H32FN7O.HI/c1-4-25-22(29-19-11-13-31(15-19)21-20(24)6-5-12-26-21)27-14-17-7-9-18(10-8-17)30-23(32)28-16(2)3;/h5-10,12,16,19H,4,11,13-15H2,1-3H3,(H2,25,27,29)(H2,28,30,32);1H. The lowest BCUT2D eigenvalue weighted by molar-refractivity contribution is 0.250. The van der Waals surface area contributed by atoms with E-state index in [2.05, 4.69) is 31.2 Å². The van der Waals surface area contributed by atoms with Gasteiger partial charge in [-0.25, -0.2) is 19.2 Å². The molecule has 1 saturated heterocycles. The lowest BCUT2D eigenvalue weighted by Gasteiger charge is -2.20. The molecule has 2 amide bonds. The molecule has 8 nitrogen and oxygen atoms in total. The number of carbonyl (C=O) groups excluding carboxylic acids is 1. The van der Waals surface area contributed by atoms with Crippen LogP contribution >= 0.6 is 24.0 Å². The van der Waals surface area contributed by atoms with Crippen LogP contribution in [0.2, 0.25) is 0 Å². The minimum atomic E-state index is -0.298. The first-order valence-electron chi connectivity index (χ1n) is 11.0. The van der Waals surface area contributed by atoms with Gasteiger partial charge in [0.15, 0.2) is 17.6 Å². The number of nitrogens with one attached hydrogen (secondary N) is 4. The molecule has 1 fully saturated rings. The molecule has 33 heavy (non-hydrogen) atoms. The van der Waals surface area contributed by atoms with Gasteiger partial charge >= 0.3 is 6.03 Å². The third-order valence-corrected chi connectivity index (χ3v) is 4.96. The van der Waals surface area contributed by atoms with Crippen molar-refractivity contribution in [2.75, 3.05) is 29.9 Å². The van der Waals surface area contributed by atoms with Gasteiger partial charge in [-0.3, -0.25) is 0 Å². The molecule has 1 aliphatic rings. The van der Waals surface area contributed by atoms with Crippen molar-refractivity contribution in [1.29, 1.82) is 0 Å². The second-order valence-electron chi connectivity index (χ2n) is 8.03. The van der Waals surface area contributed by atoms with Crippen LogP contribution in [0.5, 0.6) is 0 Å². The van der Waals surface area contributed by atoms with E-state index in [-0.39, 0.29) is 47.9 Å². The molecule has 180 valence electrons. The van der Waals surface area contributed by atoms with E-state index in [4.69, 9.17) is 0 Å². The number of hydrogen-bond acceptors (Lipinski definition) is 4. The number of guanidine groups is 1. The smallest absolute Gasteiger partial charge is 0.319 e. The van der Waals surface area contributed by atoms with Crippen molar-refractivity contribution >= 4 is 47.5 Å². The second-order valence-corrected chi connectivity index (χ2v) is 8.03. The summed E-state index contributed by atoms with van der Waals surface area (Å²) in [4.78, 5) is 22.6. The monoisotopic (exact) mass is 569 g/mol. The highest BCUT2D eigenvalue weighted by molar-refractivity contribution is 14.0. The minimum Gasteiger partial charge on any atom is -0.357 e. The average molecular weight is 569 g/mol. The predicted molar refractivity (Wildman–Crippen MR) is 142 cm³/mol. The number of nitrogens with zero attached hydrogens (tertiary/aromatic N) is 3. The molecular formula is C23H33FIN7O. The van der Waals surface area contributed by atoms with E-state index in [0.717, 1.165) is 36.7 Å². The van der Waals surface area contributed by atoms with Gasteiger partial charge in [0.05, 0.1) is 6.54 Å². The summed E-state index contributed by atoms with van der Waals surface area (Å²) in [6.45, 7) is 8.49. The fourth-order valence-electron chi connectivity index (χ4n) is 3.49. The third-order valence-electron chi connectivity index (χ3n) is 4.96. The van der Waals surface area contributed by atoms with Crippen molar-refractivity contribution in [2.24, 2.45) is 4.99 Å². The number of carbonyl (C=O) groups is 1. The summed E-state index contributed by atoms with van der Waals surface area (Å²) in [6.07, 6.45) is 2.49. The number of amides is 2. The molecule has 0 aliphatic carbocycles. The van der Waals surface area contributed by atoms with Gasteiger partial charge in [0.1, 0.15) is 0 Å². The Hall–Kier alpha value is -2.63. The quantitative estimate of drug-likeness (QED) is 0.232. The molecular weight excluding hydrogens is 536 g/mol. The zero-order valence-corrected chi connectivity index (χ0v) is 21.6. The summed E-state index contributed by atoms with van der Waals surface area (Å²) in [5.74, 6) is 0.821. The van der Waals surface area contributed by atoms with Crippen LogP contribution in [-0.4, -0.2) is 48.7 Å². The van der Waals surface area contributed by atoms with Gasteiger partial charge in [0, 0.05) is 43.6 Å². The van der Waals surface area contributed by atoms with Crippen LogP contribution < -0.4 is 26.2 Å². The summed E-state index contributed by atoms with van der Waals surface area (Å²) in [6, 6.07) is 10.7. The van der Waals surface area contributed by atoms with E-state index >= 15 is 0 Å². The maximum Gasteiger partial charge on any atom is 0.319 e. The molecule has 1 aromatic heterocycles. The minimum absolute atomic E-state index is 0. The Morgan fingerprint density at radius 2 is 2.03 bits per heavy atom. The molecule has 1 aliphatic heterocycles. The van der Waals surface area contributed by atoms with Gasteiger partial charge in [-0.2, -0.15) is 0 Å². The number of anilines is 2. The van der Waals surface area contributed by atoms with Crippen LogP contribution in [-0.2, 0) is 6.54 Å². The van der Waals surface area contributed by atoms with Crippen molar-refractivity contribution in [3.05, 3.63) is 54.0 Å². The Labute approximate surface area is 211 Å². The Bertz CT molecular complexity index is 923. The van der Waals surface area contributed by atoms with Gasteiger partial charge < -0.3 is 26.2 Å². The number of hydrogen-bond donors (Lipinski definition) is 4. The highest BCUT2D eigenvalue weighted by atomic mass is 127. The van der Waals surface area contributed by atoms with Crippen molar-refractivity contribution in [3.63, 3.8) is 0 Å². The number of aliphatic imine (C=N–C) groups is 1. The first-order valence-corrected chi connectivity index (χ1v) is 11.0. The van der Waals surface area contributed by atoms with Gasteiger partial charge in [-0.15, -0.1) is 24.0 Å².